The second-order valence-electron chi connectivity index (χ2n) is 6.17. The zero-order valence-electron chi connectivity index (χ0n) is 15.8. The highest BCUT2D eigenvalue weighted by Crippen LogP contribution is 2.21. The van der Waals surface area contributed by atoms with Gasteiger partial charge in [0.25, 0.3) is 0 Å². The van der Waals surface area contributed by atoms with Gasteiger partial charge in [-0.3, -0.25) is 4.68 Å². The highest BCUT2D eigenvalue weighted by atomic mass is 35.5. The van der Waals surface area contributed by atoms with E-state index in [1.165, 1.54) is 13.2 Å². The topological polar surface area (TPSA) is 77.1 Å². The lowest BCUT2D eigenvalue weighted by Crippen LogP contribution is -2.20. The fourth-order valence-electron chi connectivity index (χ4n) is 2.66. The monoisotopic (exact) mass is 387 g/mol. The Morgan fingerprint density at radius 2 is 2.11 bits per heavy atom. The van der Waals surface area contributed by atoms with Crippen LogP contribution >= 0.6 is 11.6 Å². The minimum atomic E-state index is -0.681. The Bertz CT molecular complexity index is 896. The van der Waals surface area contributed by atoms with Gasteiger partial charge < -0.3 is 9.47 Å². The minimum absolute atomic E-state index is 0.0820. The maximum Gasteiger partial charge on any atom is 0.349 e. The summed E-state index contributed by atoms with van der Waals surface area (Å²) >= 11 is 6.23. The molecule has 2 rings (SSSR count). The number of halogens is 1. The molecule has 1 aromatic heterocycles. The zero-order chi connectivity index (χ0) is 20.0. The van der Waals surface area contributed by atoms with Crippen molar-refractivity contribution >= 4 is 23.6 Å². The van der Waals surface area contributed by atoms with Crippen molar-refractivity contribution < 1.29 is 14.3 Å². The van der Waals surface area contributed by atoms with Crippen LogP contribution in [0.4, 0.5) is 0 Å². The number of aromatic nitrogens is 2. The Labute approximate surface area is 164 Å². The number of hydrogen-bond donors (Lipinski definition) is 0. The van der Waals surface area contributed by atoms with Gasteiger partial charge in [-0.1, -0.05) is 29.8 Å². The number of carbonyl (C=O) groups excluding carboxylic acids is 1. The average Bonchev–Trinajstić information content (AvgIpc) is 2.88. The molecule has 0 saturated carbocycles. The summed E-state index contributed by atoms with van der Waals surface area (Å²) in [6.07, 6.45) is 1.08. The molecule has 0 saturated heterocycles. The Balaban J connectivity index is 2.29. The molecular weight excluding hydrogens is 366 g/mol. The molecule has 27 heavy (non-hydrogen) atoms. The van der Waals surface area contributed by atoms with Gasteiger partial charge in [0, 0.05) is 23.4 Å². The third-order valence-electron chi connectivity index (χ3n) is 4.05. The number of ether oxygens (including phenoxy) is 2. The van der Waals surface area contributed by atoms with Gasteiger partial charge in [-0.15, -0.1) is 0 Å². The lowest BCUT2D eigenvalue weighted by Gasteiger charge is -2.11. The summed E-state index contributed by atoms with van der Waals surface area (Å²) in [7, 11) is 1.52. The van der Waals surface area contributed by atoms with Crippen molar-refractivity contribution in [2.45, 2.75) is 33.4 Å². The highest BCUT2D eigenvalue weighted by molar-refractivity contribution is 6.31. The molecule has 0 fully saturated rings. The third-order valence-corrected chi connectivity index (χ3v) is 4.42. The maximum atomic E-state index is 12.2. The largest absolute Gasteiger partial charge is 0.456 e. The van der Waals surface area contributed by atoms with Crippen LogP contribution < -0.4 is 0 Å². The Morgan fingerprint density at radius 3 is 2.74 bits per heavy atom. The number of benzene rings is 1. The summed E-state index contributed by atoms with van der Waals surface area (Å²) < 4.78 is 12.0. The van der Waals surface area contributed by atoms with E-state index in [4.69, 9.17) is 21.1 Å². The van der Waals surface area contributed by atoms with Crippen molar-refractivity contribution in [3.05, 3.63) is 57.4 Å². The first-order valence-corrected chi connectivity index (χ1v) is 8.84. The van der Waals surface area contributed by atoms with Gasteiger partial charge >= 0.3 is 5.97 Å². The van der Waals surface area contributed by atoms with Crippen LogP contribution in [0.15, 0.2) is 29.8 Å². The molecule has 0 spiro atoms. The van der Waals surface area contributed by atoms with Crippen LogP contribution in [0.5, 0.6) is 0 Å². The molecule has 0 amide bonds. The first kappa shape index (κ1) is 20.7. The van der Waals surface area contributed by atoms with E-state index in [1.807, 2.05) is 44.2 Å². The average molecular weight is 388 g/mol. The first-order chi connectivity index (χ1) is 12.9. The van der Waals surface area contributed by atoms with Crippen molar-refractivity contribution in [3.8, 4) is 6.07 Å². The summed E-state index contributed by atoms with van der Waals surface area (Å²) in [6.45, 7) is 6.18. The normalized spacial score (nSPS) is 12.5. The van der Waals surface area contributed by atoms with Gasteiger partial charge in [0.05, 0.1) is 18.8 Å². The summed E-state index contributed by atoms with van der Waals surface area (Å²) in [6, 6.07) is 9.46. The van der Waals surface area contributed by atoms with Crippen LogP contribution in [0.2, 0.25) is 5.02 Å². The summed E-state index contributed by atoms with van der Waals surface area (Å²) in [5.41, 5.74) is 3.12. The molecule has 0 aliphatic carbocycles. The van der Waals surface area contributed by atoms with E-state index in [9.17, 15) is 10.1 Å². The molecular formula is C20H22ClN3O3. The van der Waals surface area contributed by atoms with Crippen LogP contribution in [0, 0.1) is 25.2 Å². The van der Waals surface area contributed by atoms with Gasteiger partial charge in [0.2, 0.25) is 0 Å². The SMILES string of the molecule is COC[C@H](C)OC(=O)/C(C#N)=C/c1c(C)nn(Cc2ccccc2Cl)c1C. The van der Waals surface area contributed by atoms with E-state index in [0.29, 0.717) is 17.3 Å². The second kappa shape index (κ2) is 9.36. The van der Waals surface area contributed by atoms with Crippen LogP contribution in [0.25, 0.3) is 6.08 Å². The predicted molar refractivity (Wildman–Crippen MR) is 103 cm³/mol. The van der Waals surface area contributed by atoms with Crippen LogP contribution in [-0.2, 0) is 20.8 Å². The number of nitriles is 1. The molecule has 1 atom stereocenters. The van der Waals surface area contributed by atoms with Gasteiger partial charge in [-0.05, 0) is 38.5 Å². The van der Waals surface area contributed by atoms with E-state index < -0.39 is 12.1 Å². The number of hydrogen-bond acceptors (Lipinski definition) is 5. The molecule has 0 bridgehead atoms. The van der Waals surface area contributed by atoms with Crippen LogP contribution in [-0.4, -0.2) is 35.6 Å². The highest BCUT2D eigenvalue weighted by Gasteiger charge is 2.18. The fraction of sp³-hybridized carbons (Fsp3) is 0.350. The number of nitrogens with zero attached hydrogens (tertiary/aromatic N) is 3. The number of esters is 1. The number of rotatable bonds is 7. The first-order valence-electron chi connectivity index (χ1n) is 8.46. The maximum absolute atomic E-state index is 12.2. The lowest BCUT2D eigenvalue weighted by molar-refractivity contribution is -0.145. The minimum Gasteiger partial charge on any atom is -0.456 e. The molecule has 0 radical (unpaired) electrons. The van der Waals surface area contributed by atoms with Gasteiger partial charge in [0.15, 0.2) is 0 Å². The number of methoxy groups -OCH3 is 1. The van der Waals surface area contributed by atoms with Crippen molar-refractivity contribution in [3.63, 3.8) is 0 Å². The van der Waals surface area contributed by atoms with Crippen molar-refractivity contribution in [1.82, 2.24) is 9.78 Å². The van der Waals surface area contributed by atoms with Crippen molar-refractivity contribution in [2.24, 2.45) is 0 Å². The van der Waals surface area contributed by atoms with Crippen molar-refractivity contribution in [1.29, 1.82) is 5.26 Å². The molecule has 0 aliphatic rings. The van der Waals surface area contributed by atoms with E-state index in [1.54, 1.807) is 11.6 Å². The van der Waals surface area contributed by atoms with E-state index in [0.717, 1.165) is 16.8 Å². The second-order valence-corrected chi connectivity index (χ2v) is 6.58. The molecule has 1 heterocycles. The van der Waals surface area contributed by atoms with E-state index in [-0.39, 0.29) is 12.2 Å². The van der Waals surface area contributed by atoms with E-state index >= 15 is 0 Å². The predicted octanol–water partition coefficient (Wildman–Crippen LogP) is 3.69. The zero-order valence-corrected chi connectivity index (χ0v) is 16.6. The molecule has 1 aromatic carbocycles. The smallest absolute Gasteiger partial charge is 0.349 e. The van der Waals surface area contributed by atoms with E-state index in [2.05, 4.69) is 5.10 Å². The third kappa shape index (κ3) is 5.19. The quantitative estimate of drug-likeness (QED) is 0.411. The molecule has 0 N–H and O–H groups in total. The molecule has 6 nitrogen and oxygen atoms in total. The molecule has 142 valence electrons. The summed E-state index contributed by atoms with van der Waals surface area (Å²) in [5.74, 6) is -0.681. The Kier molecular flexibility index (Phi) is 7.17. The van der Waals surface area contributed by atoms with Gasteiger partial charge in [-0.25, -0.2) is 4.79 Å². The van der Waals surface area contributed by atoms with Crippen molar-refractivity contribution in [2.75, 3.05) is 13.7 Å². The van der Waals surface area contributed by atoms with Gasteiger partial charge in [0.1, 0.15) is 17.7 Å². The fourth-order valence-corrected chi connectivity index (χ4v) is 2.85. The Morgan fingerprint density at radius 1 is 1.41 bits per heavy atom. The summed E-state index contributed by atoms with van der Waals surface area (Å²) in [4.78, 5) is 12.2. The molecule has 0 aliphatic heterocycles. The number of aryl methyl sites for hydroxylation is 1. The van der Waals surface area contributed by atoms with Crippen LogP contribution in [0.1, 0.15) is 29.4 Å². The van der Waals surface area contributed by atoms with Gasteiger partial charge in [-0.2, -0.15) is 10.4 Å². The summed E-state index contributed by atoms with van der Waals surface area (Å²) in [5, 5.41) is 14.5. The standard InChI is InChI=1S/C20H22ClN3O3/c1-13(12-26-4)27-20(25)17(10-22)9-18-14(2)23-24(15(18)3)11-16-7-5-6-8-19(16)21/h5-9,13H,11-12H2,1-4H3/b17-9+/t13-/m0/s1. The molecule has 0 unspecified atom stereocenters. The van der Waals surface area contributed by atoms with Crippen LogP contribution in [0.3, 0.4) is 0 Å². The Hall–Kier alpha value is -2.62. The number of carbonyl (C=O) groups is 1. The lowest BCUT2D eigenvalue weighted by atomic mass is 10.1. The molecule has 7 heteroatoms. The molecule has 2 aromatic rings.